The number of methoxy groups -OCH3 is 1. The number of ether oxygens (including phenoxy) is 6. The minimum atomic E-state index is -1.54. The van der Waals surface area contributed by atoms with Crippen LogP contribution in [0.25, 0.3) is 0 Å². The van der Waals surface area contributed by atoms with Crippen molar-refractivity contribution >= 4 is 10.2 Å². The summed E-state index contributed by atoms with van der Waals surface area (Å²) in [6.07, 6.45) is -6.70. The second-order valence-corrected chi connectivity index (χ2v) is 17.9. The van der Waals surface area contributed by atoms with Crippen molar-refractivity contribution in [2.24, 2.45) is 29.1 Å². The zero-order valence-electron chi connectivity index (χ0n) is 33.5. The normalized spacial score (nSPS) is 47.8. The van der Waals surface area contributed by atoms with Gasteiger partial charge in [0.1, 0.15) is 0 Å². The van der Waals surface area contributed by atoms with Gasteiger partial charge in [0.2, 0.25) is 0 Å². The first-order valence-corrected chi connectivity index (χ1v) is 19.5. The quantitative estimate of drug-likeness (QED) is 0.281. The summed E-state index contributed by atoms with van der Waals surface area (Å²) in [6.45, 7) is 20.5. The van der Waals surface area contributed by atoms with E-state index in [4.69, 9.17) is 28.4 Å². The van der Waals surface area contributed by atoms with E-state index in [2.05, 4.69) is 17.0 Å². The fourth-order valence-corrected chi connectivity index (χ4v) is 9.07. The van der Waals surface area contributed by atoms with Crippen LogP contribution in [0.1, 0.15) is 102 Å². The van der Waals surface area contributed by atoms with Gasteiger partial charge in [0.15, 0.2) is 0 Å². The monoisotopic (exact) mass is 766 g/mol. The van der Waals surface area contributed by atoms with Crippen molar-refractivity contribution in [2.45, 2.75) is 181 Å². The molecule has 0 radical (unpaired) electrons. The summed E-state index contributed by atoms with van der Waals surface area (Å²) in [5, 5.41) is 46.8. The van der Waals surface area contributed by atoms with Gasteiger partial charge in [-0.1, -0.05) is 0 Å². The summed E-state index contributed by atoms with van der Waals surface area (Å²) in [5.74, 6) is -2.59. The molecule has 0 spiro atoms. The number of cyclic esters (lactones) is 1. The van der Waals surface area contributed by atoms with Crippen molar-refractivity contribution in [3.8, 4) is 0 Å². The molecule has 4 N–H and O–H groups in total. The number of rotatable bonds is 7. The molecule has 0 bridgehead atoms. The second-order valence-electron chi connectivity index (χ2n) is 17.1. The van der Waals surface area contributed by atoms with Crippen LogP contribution in [0.15, 0.2) is 0 Å². The fourth-order valence-electron chi connectivity index (χ4n) is 8.70. The topological polar surface area (TPSA) is 157 Å². The van der Waals surface area contributed by atoms with E-state index in [1.165, 1.54) is 7.11 Å². The van der Waals surface area contributed by atoms with Crippen LogP contribution in [-0.2, 0) is 50.2 Å². The average molecular weight is 767 g/mol. The number of likely N-dealkylation sites (N-methyl/N-ethyl adjacent to an activating group) is 1. The molecule has 3 rings (SSSR count). The molecule has 3 aliphatic heterocycles. The zero-order chi connectivity index (χ0) is 39.0. The van der Waals surface area contributed by atoms with Gasteiger partial charge in [-0.15, -0.1) is 0 Å². The number of aliphatic hydroxyl groups excluding tert-OH is 3. The van der Waals surface area contributed by atoms with E-state index in [0.29, 0.717) is 12.8 Å². The van der Waals surface area contributed by atoms with E-state index >= 15 is 0 Å². The SMILES string of the molecule is CC[C@H]1OC(=O)[C@H](C)[C@@H](OC2C[C@@](C)(OC)[C@@H](O)[C@H](C)O2)[C@H](C)[C@@H](O[C@@H]2O[C@H](C)C[C@H](N(C)C)[C@H]2O)[C@@](C)(O)C[C@@H](C)[C](=[V])[C@H](C)[C@@H](O)C1(C)C. The van der Waals surface area contributed by atoms with E-state index in [1.807, 2.05) is 67.5 Å². The van der Waals surface area contributed by atoms with Crippen molar-refractivity contribution in [2.75, 3.05) is 21.2 Å². The van der Waals surface area contributed by atoms with Gasteiger partial charge in [-0.05, 0) is 0 Å². The molecule has 0 aromatic rings. The molecule has 3 aliphatic rings. The average Bonchev–Trinajstić information content (AvgIpc) is 3.05. The van der Waals surface area contributed by atoms with Gasteiger partial charge in [0, 0.05) is 7.11 Å². The number of hydrogen-bond donors (Lipinski definition) is 4. The number of aliphatic hydroxyl groups is 4. The minimum absolute atomic E-state index is 0.173. The van der Waals surface area contributed by atoms with Gasteiger partial charge in [0.25, 0.3) is 0 Å². The summed E-state index contributed by atoms with van der Waals surface area (Å²) >= 11 is 2.59. The van der Waals surface area contributed by atoms with Crippen molar-refractivity contribution in [1.29, 1.82) is 0 Å². The van der Waals surface area contributed by atoms with E-state index in [9.17, 15) is 25.2 Å². The third-order valence-electron chi connectivity index (χ3n) is 12.2. The number of carbonyl (C=O) groups excluding carboxylic acids is 1. The molecular formula is C38H69NO11V. The Morgan fingerprint density at radius 3 is 2.08 bits per heavy atom. The van der Waals surface area contributed by atoms with Gasteiger partial charge in [-0.2, -0.15) is 0 Å². The molecule has 0 aromatic heterocycles. The van der Waals surface area contributed by atoms with E-state index in [0.717, 1.165) is 4.23 Å². The predicted octanol–water partition coefficient (Wildman–Crippen LogP) is 3.21. The molecule has 12 nitrogen and oxygen atoms in total. The van der Waals surface area contributed by atoms with Gasteiger partial charge >= 0.3 is 304 Å². The maximum atomic E-state index is 14.2. The number of esters is 1. The third kappa shape index (κ3) is 9.86. The van der Waals surface area contributed by atoms with Crippen LogP contribution < -0.4 is 0 Å². The molecule has 3 fully saturated rings. The molecule has 51 heavy (non-hydrogen) atoms. The van der Waals surface area contributed by atoms with Crippen LogP contribution in [-0.4, -0.2) is 135 Å². The fraction of sp³-hybridized carbons (Fsp3) is 0.947. The van der Waals surface area contributed by atoms with E-state index in [1.54, 1.807) is 27.7 Å². The van der Waals surface area contributed by atoms with Gasteiger partial charge < -0.3 is 5.11 Å². The maximum absolute atomic E-state index is 14.2. The first-order valence-electron chi connectivity index (χ1n) is 18.8. The van der Waals surface area contributed by atoms with Gasteiger partial charge in [-0.3, -0.25) is 0 Å². The number of hydrogen-bond acceptors (Lipinski definition) is 12. The first kappa shape index (κ1) is 44.9. The Morgan fingerprint density at radius 1 is 0.922 bits per heavy atom. The van der Waals surface area contributed by atoms with Crippen LogP contribution in [0.2, 0.25) is 0 Å². The molecule has 0 aromatic carbocycles. The molecule has 3 heterocycles. The number of carbonyl (C=O) groups is 1. The van der Waals surface area contributed by atoms with Gasteiger partial charge in [-0.25, -0.2) is 0 Å². The molecule has 0 saturated carbocycles. The summed E-state index contributed by atoms with van der Waals surface area (Å²) < 4.78 is 38.8. The number of nitrogens with zero attached hydrogens (tertiary/aromatic N) is 1. The Morgan fingerprint density at radius 2 is 1.53 bits per heavy atom. The van der Waals surface area contributed by atoms with Gasteiger partial charge in [0.05, 0.1) is 0 Å². The molecule has 0 amide bonds. The van der Waals surface area contributed by atoms with Crippen LogP contribution in [0, 0.1) is 29.1 Å². The Labute approximate surface area is 315 Å². The first-order chi connectivity index (χ1) is 23.4. The molecule has 17 atom stereocenters. The molecule has 0 aliphatic carbocycles. The molecule has 3 saturated heterocycles. The van der Waals surface area contributed by atoms with Crippen LogP contribution in [0.4, 0.5) is 0 Å². The Bertz CT molecular complexity index is 1170. The molecule has 1 unspecified atom stereocenters. The Hall–Kier alpha value is -0.476. The van der Waals surface area contributed by atoms with Crippen molar-refractivity contribution in [3.05, 3.63) is 0 Å². The van der Waals surface area contributed by atoms with Crippen LogP contribution in [0.5, 0.6) is 0 Å². The molecule has 13 heteroatoms. The second kappa shape index (κ2) is 17.5. The third-order valence-corrected chi connectivity index (χ3v) is 13.5. The van der Waals surface area contributed by atoms with Crippen LogP contribution >= 0.6 is 0 Å². The standard InChI is InChI=1S/C38H69NO11.V/c1-15-27-36(8,9)31(41)21(3)16-20(2)18-37(10,44)33(50-35-29(40)26(39(12)13)17-22(4)46-35)23(5)30(24(6)34(43)48-27)49-28-19-38(11,45-14)32(42)25(7)47-28;/h20-33,35,40-42,44H,15,17-19H2,1-14H3;/t20-,21-,22+,23-,24+,25-,26-,27+,28?,29+,30-,31+,32-,33+,35-,37-,38+;/m0./s1. The van der Waals surface area contributed by atoms with Crippen LogP contribution in [0.3, 0.4) is 0 Å². The summed E-state index contributed by atoms with van der Waals surface area (Å²) in [7, 11) is 5.33. The van der Waals surface area contributed by atoms with Crippen molar-refractivity contribution in [1.82, 2.24) is 4.90 Å². The predicted molar refractivity (Wildman–Crippen MR) is 189 cm³/mol. The summed E-state index contributed by atoms with van der Waals surface area (Å²) in [5.41, 5.74) is -3.33. The summed E-state index contributed by atoms with van der Waals surface area (Å²) in [4.78, 5) is 16.2. The Balaban J connectivity index is 2.18. The Kier molecular flexibility index (Phi) is 15.5. The van der Waals surface area contributed by atoms with E-state index in [-0.39, 0.29) is 36.8 Å². The summed E-state index contributed by atoms with van der Waals surface area (Å²) in [6, 6.07) is -0.253. The molecule has 297 valence electrons. The van der Waals surface area contributed by atoms with E-state index < -0.39 is 89.7 Å². The molecular weight excluding hydrogens is 697 g/mol. The van der Waals surface area contributed by atoms with Crippen molar-refractivity contribution in [3.63, 3.8) is 0 Å². The van der Waals surface area contributed by atoms with Crippen molar-refractivity contribution < 1.29 is 70.6 Å². The zero-order valence-corrected chi connectivity index (χ0v) is 34.9.